The van der Waals surface area contributed by atoms with Crippen molar-refractivity contribution in [2.45, 2.75) is 19.4 Å². The SMILES string of the molecule is CC[C@H]1CN(C(=O)c2cc(Cl)ccc2OC)CCO1. The molecule has 104 valence electrons. The molecule has 0 unspecified atom stereocenters. The Morgan fingerprint density at radius 2 is 2.37 bits per heavy atom. The molecule has 1 amide bonds. The smallest absolute Gasteiger partial charge is 0.257 e. The molecule has 1 aromatic rings. The Labute approximate surface area is 118 Å². The van der Waals surface area contributed by atoms with E-state index in [1.165, 1.54) is 0 Å². The molecule has 1 aliphatic heterocycles. The number of carbonyl (C=O) groups is 1. The summed E-state index contributed by atoms with van der Waals surface area (Å²) in [6.45, 7) is 3.85. The van der Waals surface area contributed by atoms with Crippen molar-refractivity contribution in [1.82, 2.24) is 4.90 Å². The summed E-state index contributed by atoms with van der Waals surface area (Å²) >= 11 is 5.96. The second kappa shape index (κ2) is 6.26. The number of halogens is 1. The van der Waals surface area contributed by atoms with E-state index >= 15 is 0 Å². The molecule has 1 fully saturated rings. The third-order valence-corrected chi connectivity index (χ3v) is 3.51. The zero-order valence-corrected chi connectivity index (χ0v) is 11.9. The molecule has 2 rings (SSSR count). The molecule has 0 N–H and O–H groups in total. The molecule has 1 heterocycles. The predicted octanol–water partition coefficient (Wildman–Crippen LogP) is 2.60. The molecule has 1 atom stereocenters. The Morgan fingerprint density at radius 1 is 1.58 bits per heavy atom. The second-order valence-corrected chi connectivity index (χ2v) is 4.93. The van der Waals surface area contributed by atoms with E-state index in [4.69, 9.17) is 21.1 Å². The first kappa shape index (κ1) is 14.2. The quantitative estimate of drug-likeness (QED) is 0.856. The van der Waals surface area contributed by atoms with Crippen LogP contribution >= 0.6 is 11.6 Å². The Bertz CT molecular complexity index is 464. The van der Waals surface area contributed by atoms with Gasteiger partial charge in [0.05, 0.1) is 25.4 Å². The fourth-order valence-corrected chi connectivity index (χ4v) is 2.34. The lowest BCUT2D eigenvalue weighted by atomic mass is 10.1. The molecule has 0 spiro atoms. The number of morpholine rings is 1. The highest BCUT2D eigenvalue weighted by molar-refractivity contribution is 6.31. The lowest BCUT2D eigenvalue weighted by Gasteiger charge is -2.32. The Morgan fingerprint density at radius 3 is 3.05 bits per heavy atom. The van der Waals surface area contributed by atoms with Gasteiger partial charge < -0.3 is 14.4 Å². The normalized spacial score (nSPS) is 19.3. The molecule has 4 nitrogen and oxygen atoms in total. The maximum absolute atomic E-state index is 12.5. The van der Waals surface area contributed by atoms with Gasteiger partial charge >= 0.3 is 0 Å². The molecule has 5 heteroatoms. The Balaban J connectivity index is 2.21. The lowest BCUT2D eigenvalue weighted by molar-refractivity contribution is -0.0227. The summed E-state index contributed by atoms with van der Waals surface area (Å²) in [5.74, 6) is 0.495. The van der Waals surface area contributed by atoms with Gasteiger partial charge in [-0.1, -0.05) is 18.5 Å². The minimum atomic E-state index is -0.0545. The Hall–Kier alpha value is -1.26. The van der Waals surface area contributed by atoms with Crippen LogP contribution in [0, 0.1) is 0 Å². The van der Waals surface area contributed by atoms with E-state index < -0.39 is 0 Å². The summed E-state index contributed by atoms with van der Waals surface area (Å²) in [4.78, 5) is 14.3. The van der Waals surface area contributed by atoms with Gasteiger partial charge in [0.25, 0.3) is 5.91 Å². The average molecular weight is 284 g/mol. The van der Waals surface area contributed by atoms with Crippen LogP contribution in [0.2, 0.25) is 5.02 Å². The molecule has 0 aromatic heterocycles. The fourth-order valence-electron chi connectivity index (χ4n) is 2.17. The van der Waals surface area contributed by atoms with E-state index in [0.717, 1.165) is 6.42 Å². The van der Waals surface area contributed by atoms with Crippen molar-refractivity contribution in [3.05, 3.63) is 28.8 Å². The van der Waals surface area contributed by atoms with Crippen molar-refractivity contribution in [2.75, 3.05) is 26.8 Å². The number of amides is 1. The van der Waals surface area contributed by atoms with Crippen LogP contribution in [0.25, 0.3) is 0 Å². The van der Waals surface area contributed by atoms with Gasteiger partial charge in [-0.3, -0.25) is 4.79 Å². The highest BCUT2D eigenvalue weighted by Gasteiger charge is 2.26. The summed E-state index contributed by atoms with van der Waals surface area (Å²) in [6, 6.07) is 5.08. The summed E-state index contributed by atoms with van der Waals surface area (Å²) in [5.41, 5.74) is 0.506. The van der Waals surface area contributed by atoms with Crippen molar-refractivity contribution >= 4 is 17.5 Å². The van der Waals surface area contributed by atoms with E-state index in [9.17, 15) is 4.79 Å². The van der Waals surface area contributed by atoms with Crippen molar-refractivity contribution in [3.8, 4) is 5.75 Å². The summed E-state index contributed by atoms with van der Waals surface area (Å²) in [6.07, 6.45) is 1.01. The topological polar surface area (TPSA) is 38.8 Å². The van der Waals surface area contributed by atoms with Crippen LogP contribution in [0.3, 0.4) is 0 Å². The van der Waals surface area contributed by atoms with Gasteiger partial charge in [0.15, 0.2) is 0 Å². The van der Waals surface area contributed by atoms with Crippen LogP contribution in [0.5, 0.6) is 5.75 Å². The standard InChI is InChI=1S/C14H18ClNO3/c1-3-11-9-16(6-7-19-11)14(17)12-8-10(15)4-5-13(12)18-2/h4-5,8,11H,3,6-7,9H2,1-2H3/t11-/m0/s1. The van der Waals surface area contributed by atoms with Crippen molar-refractivity contribution < 1.29 is 14.3 Å². The number of hydrogen-bond acceptors (Lipinski definition) is 3. The number of benzene rings is 1. The molecule has 0 saturated carbocycles. The van der Waals surface area contributed by atoms with E-state index in [-0.39, 0.29) is 12.0 Å². The van der Waals surface area contributed by atoms with E-state index in [0.29, 0.717) is 36.0 Å². The van der Waals surface area contributed by atoms with Crippen LogP contribution in [0.4, 0.5) is 0 Å². The summed E-state index contributed by atoms with van der Waals surface area (Å²) < 4.78 is 10.8. The maximum atomic E-state index is 12.5. The molecule has 0 radical (unpaired) electrons. The zero-order chi connectivity index (χ0) is 13.8. The molecular formula is C14H18ClNO3. The molecular weight excluding hydrogens is 266 g/mol. The average Bonchev–Trinajstić information content (AvgIpc) is 2.46. The Kier molecular flexibility index (Phi) is 4.66. The monoisotopic (exact) mass is 283 g/mol. The minimum Gasteiger partial charge on any atom is -0.496 e. The first-order valence-electron chi connectivity index (χ1n) is 6.40. The third-order valence-electron chi connectivity index (χ3n) is 3.27. The van der Waals surface area contributed by atoms with Gasteiger partial charge in [-0.2, -0.15) is 0 Å². The van der Waals surface area contributed by atoms with E-state index in [1.807, 2.05) is 0 Å². The number of carbonyl (C=O) groups excluding carboxylic acids is 1. The summed E-state index contributed by atoms with van der Waals surface area (Å²) in [7, 11) is 1.55. The zero-order valence-electron chi connectivity index (χ0n) is 11.2. The molecule has 1 aliphatic rings. The van der Waals surface area contributed by atoms with Crippen molar-refractivity contribution in [1.29, 1.82) is 0 Å². The number of nitrogens with zero attached hydrogens (tertiary/aromatic N) is 1. The number of ether oxygens (including phenoxy) is 2. The third kappa shape index (κ3) is 3.19. The highest BCUT2D eigenvalue weighted by Crippen LogP contribution is 2.25. The first-order chi connectivity index (χ1) is 9.15. The van der Waals surface area contributed by atoms with Gasteiger partial charge in [0.1, 0.15) is 5.75 Å². The van der Waals surface area contributed by atoms with Gasteiger partial charge in [0.2, 0.25) is 0 Å². The summed E-state index contributed by atoms with van der Waals surface area (Å²) in [5, 5.41) is 0.532. The number of methoxy groups -OCH3 is 1. The fraction of sp³-hybridized carbons (Fsp3) is 0.500. The van der Waals surface area contributed by atoms with E-state index in [2.05, 4.69) is 6.92 Å². The molecule has 1 saturated heterocycles. The van der Waals surface area contributed by atoms with Crippen LogP contribution in [-0.4, -0.2) is 43.7 Å². The lowest BCUT2D eigenvalue weighted by Crippen LogP contribution is -2.45. The van der Waals surface area contributed by atoms with Crippen molar-refractivity contribution in [3.63, 3.8) is 0 Å². The van der Waals surface area contributed by atoms with Gasteiger partial charge in [-0.25, -0.2) is 0 Å². The van der Waals surface area contributed by atoms with E-state index in [1.54, 1.807) is 30.2 Å². The predicted molar refractivity (Wildman–Crippen MR) is 73.9 cm³/mol. The maximum Gasteiger partial charge on any atom is 0.257 e. The van der Waals surface area contributed by atoms with Crippen LogP contribution in [0.1, 0.15) is 23.7 Å². The minimum absolute atomic E-state index is 0.0545. The molecule has 1 aromatic carbocycles. The number of hydrogen-bond donors (Lipinski definition) is 0. The molecule has 0 aliphatic carbocycles. The first-order valence-corrected chi connectivity index (χ1v) is 6.78. The van der Waals surface area contributed by atoms with Crippen LogP contribution < -0.4 is 4.74 Å². The molecule has 0 bridgehead atoms. The van der Waals surface area contributed by atoms with Gasteiger partial charge in [0, 0.05) is 18.1 Å². The highest BCUT2D eigenvalue weighted by atomic mass is 35.5. The second-order valence-electron chi connectivity index (χ2n) is 4.50. The molecule has 19 heavy (non-hydrogen) atoms. The van der Waals surface area contributed by atoms with Crippen LogP contribution in [0.15, 0.2) is 18.2 Å². The van der Waals surface area contributed by atoms with Crippen LogP contribution in [-0.2, 0) is 4.74 Å². The van der Waals surface area contributed by atoms with Crippen molar-refractivity contribution in [2.24, 2.45) is 0 Å². The number of rotatable bonds is 3. The van der Waals surface area contributed by atoms with Gasteiger partial charge in [-0.15, -0.1) is 0 Å². The largest absolute Gasteiger partial charge is 0.496 e. The van der Waals surface area contributed by atoms with Gasteiger partial charge in [-0.05, 0) is 24.6 Å².